The molecular weight excluding hydrogens is 406 g/mol. The predicted molar refractivity (Wildman–Crippen MR) is 120 cm³/mol. The number of hydrogen-bond acceptors (Lipinski definition) is 4. The third-order valence-corrected chi connectivity index (χ3v) is 8.08. The number of rotatable bonds is 1. The summed E-state index contributed by atoms with van der Waals surface area (Å²) in [6.07, 6.45) is 1.36. The van der Waals surface area contributed by atoms with E-state index in [0.717, 1.165) is 12.0 Å². The fraction of sp³-hybridized carbons (Fsp3) is 0.400. The van der Waals surface area contributed by atoms with Crippen LogP contribution < -0.4 is 10.6 Å². The molecule has 3 aliphatic rings. The maximum absolute atomic E-state index is 13.7. The smallest absolute Gasteiger partial charge is 0.254 e. The van der Waals surface area contributed by atoms with Crippen molar-refractivity contribution in [1.82, 2.24) is 10.2 Å². The molecule has 3 amide bonds. The highest BCUT2D eigenvalue weighted by atomic mass is 16.3. The van der Waals surface area contributed by atoms with E-state index in [9.17, 15) is 19.5 Å². The molecule has 7 nitrogen and oxygen atoms in total. The van der Waals surface area contributed by atoms with Gasteiger partial charge in [-0.3, -0.25) is 14.4 Å². The molecule has 7 heteroatoms. The Balaban J connectivity index is 1.53. The maximum atomic E-state index is 13.7. The highest BCUT2D eigenvalue weighted by Crippen LogP contribution is 2.57. The van der Waals surface area contributed by atoms with E-state index in [4.69, 9.17) is 0 Å². The normalized spacial score (nSPS) is 25.7. The summed E-state index contributed by atoms with van der Waals surface area (Å²) in [5.74, 6) is -0.518. The van der Waals surface area contributed by atoms with E-state index >= 15 is 0 Å². The van der Waals surface area contributed by atoms with E-state index < -0.39 is 0 Å². The lowest BCUT2D eigenvalue weighted by molar-refractivity contribution is -0.115. The highest BCUT2D eigenvalue weighted by molar-refractivity contribution is 6.10. The van der Waals surface area contributed by atoms with Crippen LogP contribution in [0.3, 0.4) is 0 Å². The summed E-state index contributed by atoms with van der Waals surface area (Å²) in [6, 6.07) is 10.4. The van der Waals surface area contributed by atoms with Gasteiger partial charge in [-0.1, -0.05) is 32.9 Å². The number of carbonyl (C=O) groups is 3. The van der Waals surface area contributed by atoms with Crippen LogP contribution in [0.2, 0.25) is 0 Å². The first-order valence-corrected chi connectivity index (χ1v) is 11.0. The van der Waals surface area contributed by atoms with Crippen molar-refractivity contribution in [2.75, 3.05) is 18.4 Å². The molecule has 0 radical (unpaired) electrons. The lowest BCUT2D eigenvalue weighted by Crippen LogP contribution is -2.64. The summed E-state index contributed by atoms with van der Waals surface area (Å²) >= 11 is 0. The molecular formula is C25H27N3O4. The number of carbonyl (C=O) groups excluding carboxylic acids is 3. The average molecular weight is 434 g/mol. The van der Waals surface area contributed by atoms with Crippen molar-refractivity contribution in [2.45, 2.75) is 45.1 Å². The van der Waals surface area contributed by atoms with Crippen molar-refractivity contribution in [1.29, 1.82) is 0 Å². The van der Waals surface area contributed by atoms with Crippen LogP contribution >= 0.6 is 0 Å². The SMILES string of the molecule is CC12CCN(C(=O)c3ccc4c(c3)NC(=O)CNC4=O)[C@H](Cc3c(O)cccc31)C2(C)C. The molecule has 1 saturated heterocycles. The Bertz CT molecular complexity index is 1170. The minimum atomic E-state index is -0.341. The van der Waals surface area contributed by atoms with Gasteiger partial charge in [-0.05, 0) is 53.6 Å². The molecule has 1 unspecified atom stereocenters. The first-order valence-electron chi connectivity index (χ1n) is 11.0. The fourth-order valence-corrected chi connectivity index (χ4v) is 5.76. The molecule has 2 aromatic carbocycles. The number of aromatic hydroxyl groups is 1. The average Bonchev–Trinajstić information content (AvgIpc) is 2.88. The van der Waals surface area contributed by atoms with Crippen LogP contribution in [0.25, 0.3) is 0 Å². The molecule has 3 N–H and O–H groups in total. The number of fused-ring (bicyclic) bond motifs is 5. The summed E-state index contributed by atoms with van der Waals surface area (Å²) in [5.41, 5.74) is 2.84. The fourth-order valence-electron chi connectivity index (χ4n) is 5.76. The van der Waals surface area contributed by atoms with Gasteiger partial charge >= 0.3 is 0 Å². The minimum Gasteiger partial charge on any atom is -0.508 e. The molecule has 2 heterocycles. The molecule has 2 aliphatic heterocycles. The van der Waals surface area contributed by atoms with Gasteiger partial charge < -0.3 is 20.6 Å². The Kier molecular flexibility index (Phi) is 4.38. The van der Waals surface area contributed by atoms with E-state index in [0.29, 0.717) is 29.8 Å². The Morgan fingerprint density at radius 1 is 1.16 bits per heavy atom. The van der Waals surface area contributed by atoms with E-state index in [2.05, 4.69) is 37.5 Å². The molecule has 32 heavy (non-hydrogen) atoms. The van der Waals surface area contributed by atoms with Crippen molar-refractivity contribution in [3.63, 3.8) is 0 Å². The third kappa shape index (κ3) is 2.76. The lowest BCUT2D eigenvalue weighted by atomic mass is 9.51. The lowest BCUT2D eigenvalue weighted by Gasteiger charge is -2.60. The molecule has 0 spiro atoms. The summed E-state index contributed by atoms with van der Waals surface area (Å²) in [7, 11) is 0. The topological polar surface area (TPSA) is 98.7 Å². The predicted octanol–water partition coefficient (Wildman–Crippen LogP) is 2.83. The number of piperidine rings is 1. The molecule has 2 aromatic rings. The zero-order valence-corrected chi connectivity index (χ0v) is 18.5. The molecule has 5 rings (SSSR count). The van der Waals surface area contributed by atoms with Gasteiger partial charge in [0.25, 0.3) is 11.8 Å². The number of benzene rings is 2. The second kappa shape index (κ2) is 6.82. The largest absolute Gasteiger partial charge is 0.508 e. The van der Waals surface area contributed by atoms with Gasteiger partial charge in [0.2, 0.25) is 5.91 Å². The maximum Gasteiger partial charge on any atom is 0.254 e. The Morgan fingerprint density at radius 3 is 2.72 bits per heavy atom. The van der Waals surface area contributed by atoms with Crippen molar-refractivity contribution < 1.29 is 19.5 Å². The molecule has 0 saturated carbocycles. The Hall–Kier alpha value is -3.35. The number of phenolic OH excluding ortho intramolecular Hbond substituents is 1. The zero-order chi connectivity index (χ0) is 22.8. The third-order valence-electron chi connectivity index (χ3n) is 8.08. The molecule has 166 valence electrons. The number of phenols is 1. The molecule has 0 aromatic heterocycles. The van der Waals surface area contributed by atoms with E-state index in [1.54, 1.807) is 24.3 Å². The van der Waals surface area contributed by atoms with Crippen molar-refractivity contribution in [3.8, 4) is 5.75 Å². The zero-order valence-electron chi connectivity index (χ0n) is 18.5. The molecule has 2 atom stereocenters. The van der Waals surface area contributed by atoms with Gasteiger partial charge in [0.05, 0.1) is 17.8 Å². The van der Waals surface area contributed by atoms with Gasteiger partial charge in [0.15, 0.2) is 0 Å². The van der Waals surface area contributed by atoms with Crippen LogP contribution in [-0.4, -0.2) is 46.9 Å². The summed E-state index contributed by atoms with van der Waals surface area (Å²) < 4.78 is 0. The molecule has 1 aliphatic carbocycles. The van der Waals surface area contributed by atoms with Crippen LogP contribution in [-0.2, 0) is 16.6 Å². The van der Waals surface area contributed by atoms with E-state index in [-0.39, 0.29) is 46.9 Å². The van der Waals surface area contributed by atoms with Gasteiger partial charge in [-0.15, -0.1) is 0 Å². The van der Waals surface area contributed by atoms with Crippen molar-refractivity contribution >= 4 is 23.4 Å². The molecule has 1 fully saturated rings. The van der Waals surface area contributed by atoms with Gasteiger partial charge in [-0.2, -0.15) is 0 Å². The Morgan fingerprint density at radius 2 is 1.94 bits per heavy atom. The van der Waals surface area contributed by atoms with Crippen molar-refractivity contribution in [3.05, 3.63) is 58.7 Å². The van der Waals surface area contributed by atoms with Crippen LogP contribution in [0, 0.1) is 5.41 Å². The summed E-state index contributed by atoms with van der Waals surface area (Å²) in [5, 5.41) is 15.8. The number of likely N-dealkylation sites (tertiary alicyclic amines) is 1. The standard InChI is InChI=1S/C25H27N3O4/c1-24(2)20-12-16-17(5-4-6-19(16)29)25(24,3)9-10-28(20)23(32)14-7-8-15-18(11-14)27-21(30)13-26-22(15)31/h4-8,11,20,29H,9-10,12-13H2,1-3H3,(H,26,31)(H,27,30)/t20-,25?/m1/s1. The highest BCUT2D eigenvalue weighted by Gasteiger charge is 2.57. The number of anilines is 1. The van der Waals surface area contributed by atoms with Crippen LogP contribution in [0.15, 0.2) is 36.4 Å². The first-order chi connectivity index (χ1) is 15.1. The van der Waals surface area contributed by atoms with Gasteiger partial charge in [0, 0.05) is 23.6 Å². The molecule has 2 bridgehead atoms. The van der Waals surface area contributed by atoms with E-state index in [1.807, 2.05) is 11.0 Å². The second-order valence-corrected chi connectivity index (χ2v) is 9.82. The van der Waals surface area contributed by atoms with Gasteiger partial charge in [-0.25, -0.2) is 0 Å². The van der Waals surface area contributed by atoms with Crippen LogP contribution in [0.1, 0.15) is 59.0 Å². The van der Waals surface area contributed by atoms with Crippen molar-refractivity contribution in [2.24, 2.45) is 5.41 Å². The second-order valence-electron chi connectivity index (χ2n) is 9.82. The quantitative estimate of drug-likeness (QED) is 0.644. The first kappa shape index (κ1) is 20.5. The summed E-state index contributed by atoms with van der Waals surface area (Å²) in [4.78, 5) is 39.7. The van der Waals surface area contributed by atoms with Crippen LogP contribution in [0.4, 0.5) is 5.69 Å². The number of nitrogens with one attached hydrogen (secondary N) is 2. The van der Waals surface area contributed by atoms with Gasteiger partial charge in [0.1, 0.15) is 5.75 Å². The number of hydrogen-bond donors (Lipinski definition) is 3. The van der Waals surface area contributed by atoms with Crippen LogP contribution in [0.5, 0.6) is 5.75 Å². The monoisotopic (exact) mass is 433 g/mol. The summed E-state index contributed by atoms with van der Waals surface area (Å²) in [6.45, 7) is 7.14. The number of nitrogens with zero attached hydrogens (tertiary/aromatic N) is 1. The minimum absolute atomic E-state index is 0.0914. The number of amides is 3. The Labute approximate surface area is 186 Å². The van der Waals surface area contributed by atoms with E-state index in [1.165, 1.54) is 5.56 Å².